The average Bonchev–Trinajstić information content (AvgIpc) is 2.66. The van der Waals surface area contributed by atoms with E-state index in [1.165, 1.54) is 0 Å². The number of halogens is 5. The minimum absolute atomic E-state index is 0.159. The predicted octanol–water partition coefficient (Wildman–Crippen LogP) is 7.62. The second kappa shape index (κ2) is 5.51. The number of hydrogen-bond donors (Lipinski definition) is 0. The number of rotatable bonds is 3. The smallest absolute Gasteiger partial charge is 0.228 e. The molecule has 0 fully saturated rings. The molecule has 3 aromatic carbocycles. The van der Waals surface area contributed by atoms with E-state index < -0.39 is 15.1 Å². The number of benzene rings is 3. The number of fused-ring (bicyclic) bond motifs is 1. The predicted molar refractivity (Wildman–Crippen MR) is 102 cm³/mol. The van der Waals surface area contributed by atoms with Crippen molar-refractivity contribution in [3.8, 4) is 22.6 Å². The van der Waals surface area contributed by atoms with E-state index in [1.54, 1.807) is 60.7 Å². The Morgan fingerprint density at radius 3 is 1.75 bits per heavy atom. The maximum Gasteiger partial charge on any atom is 0.310 e. The lowest BCUT2D eigenvalue weighted by molar-refractivity contribution is 0.364. The van der Waals surface area contributed by atoms with Gasteiger partial charge in [0.2, 0.25) is 0 Å². The van der Waals surface area contributed by atoms with E-state index in [2.05, 4.69) is 9.97 Å². The van der Waals surface area contributed by atoms with Crippen molar-refractivity contribution in [1.29, 1.82) is 0 Å². The third-order valence-corrected chi connectivity index (χ3v) is 5.34. The number of hydrogen-bond acceptors (Lipinski definition) is 2. The van der Waals surface area contributed by atoms with E-state index in [0.29, 0.717) is 29.0 Å². The van der Waals surface area contributed by atoms with Crippen molar-refractivity contribution < 1.29 is 19.4 Å². The molecule has 0 aliphatic heterocycles. The molecule has 0 atom stereocenters. The minimum Gasteiger partial charge on any atom is -0.228 e. The third kappa shape index (κ3) is 3.55. The quantitative estimate of drug-likeness (QED) is 0.326. The van der Waals surface area contributed by atoms with Gasteiger partial charge in [-0.05, 0) is 18.2 Å². The number of aromatic nitrogens is 2. The molecule has 0 amide bonds. The highest BCUT2D eigenvalue weighted by atomic mass is 32.5. The van der Waals surface area contributed by atoms with Crippen LogP contribution in [0.1, 0.15) is 0 Å². The van der Waals surface area contributed by atoms with Gasteiger partial charge in [0.05, 0.1) is 11.2 Å². The van der Waals surface area contributed by atoms with Gasteiger partial charge < -0.3 is 0 Å². The molecule has 0 aliphatic carbocycles. The molecule has 1 aromatic heterocycles. The summed E-state index contributed by atoms with van der Waals surface area (Å²) < 4.78 is 66.4. The molecule has 0 saturated carbocycles. The Hall–Kier alpha value is -3.00. The van der Waals surface area contributed by atoms with E-state index in [9.17, 15) is 19.4 Å². The lowest BCUT2D eigenvalue weighted by Crippen LogP contribution is -2.06. The van der Waals surface area contributed by atoms with E-state index >= 15 is 0 Å². The summed E-state index contributed by atoms with van der Waals surface area (Å²) in [5, 5.41) is 0.261. The van der Waals surface area contributed by atoms with Gasteiger partial charge >= 0.3 is 10.2 Å². The largest absolute Gasteiger partial charge is 0.310 e. The second-order valence-electron chi connectivity index (χ2n) is 6.28. The van der Waals surface area contributed by atoms with Crippen LogP contribution in [0.2, 0.25) is 0 Å². The first-order valence-corrected chi connectivity index (χ1v) is 10.1. The highest BCUT2D eigenvalue weighted by Crippen LogP contribution is 3.02. The fourth-order valence-corrected chi connectivity index (χ4v) is 3.54. The van der Waals surface area contributed by atoms with Gasteiger partial charge in [0.25, 0.3) is 0 Å². The van der Waals surface area contributed by atoms with Gasteiger partial charge in [-0.3, -0.25) is 0 Å². The van der Waals surface area contributed by atoms with Crippen LogP contribution in [0.4, 0.5) is 19.4 Å². The van der Waals surface area contributed by atoms with Crippen molar-refractivity contribution >= 4 is 21.1 Å². The summed E-state index contributed by atoms with van der Waals surface area (Å²) in [6.07, 6.45) is 0. The molecule has 144 valence electrons. The van der Waals surface area contributed by atoms with Crippen molar-refractivity contribution in [2.75, 3.05) is 0 Å². The Morgan fingerprint density at radius 1 is 0.607 bits per heavy atom. The first kappa shape index (κ1) is 18.4. The van der Waals surface area contributed by atoms with Gasteiger partial charge in [0.1, 0.15) is 4.90 Å². The molecule has 0 radical (unpaired) electrons. The third-order valence-electron chi connectivity index (χ3n) is 4.19. The molecule has 0 bridgehead atoms. The standard InChI is InChI=1S/C20H13F5N2S/c21-28(22,23,24,25)16-11-12-17-18(13-16)26-20(15-9-5-2-6-10-15)27-19(17)14-7-3-1-4-8-14/h1-13H. The molecule has 28 heavy (non-hydrogen) atoms. The summed E-state index contributed by atoms with van der Waals surface area (Å²) >= 11 is 0. The Bertz CT molecular complexity index is 1180. The summed E-state index contributed by atoms with van der Waals surface area (Å²) in [6.45, 7) is 0. The summed E-state index contributed by atoms with van der Waals surface area (Å²) in [4.78, 5) is 6.67. The van der Waals surface area contributed by atoms with Gasteiger partial charge in [-0.1, -0.05) is 80.1 Å². The van der Waals surface area contributed by atoms with Crippen molar-refractivity contribution in [2.24, 2.45) is 0 Å². The molecule has 0 unspecified atom stereocenters. The maximum absolute atomic E-state index is 13.3. The van der Waals surface area contributed by atoms with Crippen LogP contribution in [-0.2, 0) is 0 Å². The monoisotopic (exact) mass is 408 g/mol. The molecule has 8 heteroatoms. The van der Waals surface area contributed by atoms with E-state index in [0.717, 1.165) is 6.07 Å². The van der Waals surface area contributed by atoms with Gasteiger partial charge in [0, 0.05) is 16.5 Å². The van der Waals surface area contributed by atoms with E-state index in [4.69, 9.17) is 0 Å². The van der Waals surface area contributed by atoms with Gasteiger partial charge in [-0.2, -0.15) is 0 Å². The molecule has 0 spiro atoms. The first-order chi connectivity index (χ1) is 13.0. The summed E-state index contributed by atoms with van der Waals surface area (Å²) in [5.74, 6) is 0.159. The van der Waals surface area contributed by atoms with Crippen molar-refractivity contribution in [3.05, 3.63) is 78.9 Å². The van der Waals surface area contributed by atoms with Crippen molar-refractivity contribution in [2.45, 2.75) is 4.90 Å². The molecular weight excluding hydrogens is 395 g/mol. The molecule has 0 N–H and O–H groups in total. The Labute approximate surface area is 157 Å². The van der Waals surface area contributed by atoms with Crippen LogP contribution in [0.3, 0.4) is 0 Å². The molecule has 2 nitrogen and oxygen atoms in total. The zero-order valence-corrected chi connectivity index (χ0v) is 15.0. The second-order valence-corrected chi connectivity index (χ2v) is 8.69. The van der Waals surface area contributed by atoms with E-state index in [1.807, 2.05) is 0 Å². The fraction of sp³-hybridized carbons (Fsp3) is 0. The van der Waals surface area contributed by atoms with Gasteiger partial charge in [0.15, 0.2) is 5.82 Å². The van der Waals surface area contributed by atoms with Crippen molar-refractivity contribution in [3.63, 3.8) is 0 Å². The number of nitrogens with zero attached hydrogens (tertiary/aromatic N) is 2. The van der Waals surface area contributed by atoms with Crippen LogP contribution in [0.15, 0.2) is 83.8 Å². The molecular formula is C20H13F5N2S. The Balaban J connectivity index is 2.05. The topological polar surface area (TPSA) is 25.8 Å². The molecule has 0 saturated heterocycles. The van der Waals surface area contributed by atoms with Crippen LogP contribution in [0.25, 0.3) is 33.5 Å². The zero-order chi connectivity index (χ0) is 20.1. The maximum atomic E-state index is 13.3. The molecule has 4 aromatic rings. The fourth-order valence-electron chi connectivity index (χ4n) is 2.88. The normalized spacial score (nSPS) is 14.5. The minimum atomic E-state index is -9.82. The van der Waals surface area contributed by atoms with Crippen molar-refractivity contribution in [1.82, 2.24) is 9.97 Å². The van der Waals surface area contributed by atoms with Crippen LogP contribution < -0.4 is 0 Å². The molecule has 1 heterocycles. The van der Waals surface area contributed by atoms with E-state index in [-0.39, 0.29) is 16.7 Å². The SMILES string of the molecule is FS(F)(F)(F)(F)c1ccc2c(-c3ccccc3)nc(-c3ccccc3)nc2c1. The van der Waals surface area contributed by atoms with Crippen LogP contribution in [0.5, 0.6) is 0 Å². The molecule has 0 aliphatic rings. The summed E-state index contributed by atoms with van der Waals surface area (Å²) in [7, 11) is -9.82. The van der Waals surface area contributed by atoms with Crippen LogP contribution >= 0.6 is 10.2 Å². The first-order valence-electron chi connectivity index (χ1n) is 8.18. The Kier molecular flexibility index (Phi) is 3.61. The highest BCUT2D eigenvalue weighted by molar-refractivity contribution is 8.45. The van der Waals surface area contributed by atoms with Crippen LogP contribution in [0, 0.1) is 0 Å². The molecule has 4 rings (SSSR count). The lowest BCUT2D eigenvalue weighted by Gasteiger charge is -2.40. The lowest BCUT2D eigenvalue weighted by atomic mass is 10.1. The van der Waals surface area contributed by atoms with Crippen LogP contribution in [-0.4, -0.2) is 9.97 Å². The average molecular weight is 408 g/mol. The van der Waals surface area contributed by atoms with Gasteiger partial charge in [-0.25, -0.2) is 9.97 Å². The summed E-state index contributed by atoms with van der Waals surface area (Å²) in [6, 6.07) is 19.2. The highest BCUT2D eigenvalue weighted by Gasteiger charge is 2.65. The summed E-state index contributed by atoms with van der Waals surface area (Å²) in [5.41, 5.74) is 1.39. The zero-order valence-electron chi connectivity index (χ0n) is 14.2. The Morgan fingerprint density at radius 2 is 1.18 bits per heavy atom. The van der Waals surface area contributed by atoms with Gasteiger partial charge in [-0.15, -0.1) is 0 Å².